The lowest BCUT2D eigenvalue weighted by Gasteiger charge is -2.16. The molecule has 1 N–H and O–H groups in total. The molecule has 0 aliphatic heterocycles. The number of para-hydroxylation sites is 2. The number of hydrogen-bond acceptors (Lipinski definition) is 5. The van der Waals surface area contributed by atoms with Gasteiger partial charge in [0.2, 0.25) is 5.91 Å². The van der Waals surface area contributed by atoms with Crippen molar-refractivity contribution in [1.29, 1.82) is 0 Å². The molecule has 0 spiro atoms. The van der Waals surface area contributed by atoms with E-state index in [-0.39, 0.29) is 11.5 Å². The third kappa shape index (κ3) is 3.76. The van der Waals surface area contributed by atoms with Gasteiger partial charge in [-0.2, -0.15) is 0 Å². The molecule has 0 saturated heterocycles. The summed E-state index contributed by atoms with van der Waals surface area (Å²) in [5.41, 5.74) is 2.03. The molecule has 4 rings (SSSR count). The molecule has 1 amide bonds. The van der Waals surface area contributed by atoms with Crippen LogP contribution in [0, 0.1) is 0 Å². The highest BCUT2D eigenvalue weighted by atomic mass is 79.9. The summed E-state index contributed by atoms with van der Waals surface area (Å²) in [6, 6.07) is 14.1. The monoisotopic (exact) mass is 483 g/mol. The van der Waals surface area contributed by atoms with Gasteiger partial charge in [-0.1, -0.05) is 40.2 Å². The summed E-state index contributed by atoms with van der Waals surface area (Å²) in [5, 5.41) is 5.27. The average Bonchev–Trinajstić information content (AvgIpc) is 3.19. The van der Waals surface area contributed by atoms with Gasteiger partial charge in [-0.3, -0.25) is 14.2 Å². The maximum absolute atomic E-state index is 13.3. The van der Waals surface area contributed by atoms with Crippen LogP contribution in [0.2, 0.25) is 0 Å². The van der Waals surface area contributed by atoms with Crippen LogP contribution in [-0.2, 0) is 4.79 Å². The molecule has 0 saturated carbocycles. The van der Waals surface area contributed by atoms with Crippen molar-refractivity contribution in [1.82, 2.24) is 9.55 Å². The van der Waals surface area contributed by atoms with Crippen LogP contribution in [-0.4, -0.2) is 22.6 Å². The van der Waals surface area contributed by atoms with Gasteiger partial charge >= 0.3 is 0 Å². The van der Waals surface area contributed by atoms with Gasteiger partial charge in [0, 0.05) is 15.4 Å². The number of nitrogens with one attached hydrogen (secondary N) is 1. The van der Waals surface area contributed by atoms with Crippen LogP contribution >= 0.6 is 27.3 Å². The molecule has 0 bridgehead atoms. The van der Waals surface area contributed by atoms with Crippen LogP contribution in [0.25, 0.3) is 21.3 Å². The number of anilines is 1. The number of ether oxygens (including phenoxy) is 1. The second-order valence-electron chi connectivity index (χ2n) is 6.66. The average molecular weight is 484 g/mol. The van der Waals surface area contributed by atoms with Crippen molar-refractivity contribution in [2.45, 2.75) is 13.0 Å². The highest BCUT2D eigenvalue weighted by molar-refractivity contribution is 9.10. The molecule has 30 heavy (non-hydrogen) atoms. The number of aromatic nitrogens is 2. The summed E-state index contributed by atoms with van der Waals surface area (Å²) < 4.78 is 7.60. The summed E-state index contributed by atoms with van der Waals surface area (Å²) in [7, 11) is 1.54. The van der Waals surface area contributed by atoms with E-state index in [0.29, 0.717) is 21.7 Å². The van der Waals surface area contributed by atoms with E-state index in [9.17, 15) is 9.59 Å². The van der Waals surface area contributed by atoms with Gasteiger partial charge in [0.25, 0.3) is 5.56 Å². The van der Waals surface area contributed by atoms with Crippen molar-refractivity contribution in [3.05, 3.63) is 75.1 Å². The van der Waals surface area contributed by atoms with Crippen molar-refractivity contribution in [3.63, 3.8) is 0 Å². The topological polar surface area (TPSA) is 73.2 Å². The summed E-state index contributed by atoms with van der Waals surface area (Å²) >= 11 is 4.84. The summed E-state index contributed by atoms with van der Waals surface area (Å²) in [5.74, 6) is 0.220. The highest BCUT2D eigenvalue weighted by Gasteiger charge is 2.21. The number of amides is 1. The van der Waals surface area contributed by atoms with E-state index in [1.54, 1.807) is 25.1 Å². The number of carbonyl (C=O) groups excluding carboxylic acids is 1. The number of benzene rings is 2. The first kappa shape index (κ1) is 20.3. The third-order valence-corrected chi connectivity index (χ3v) is 6.25. The Balaban J connectivity index is 1.71. The van der Waals surface area contributed by atoms with E-state index < -0.39 is 6.04 Å². The Bertz CT molecular complexity index is 1280. The van der Waals surface area contributed by atoms with Gasteiger partial charge < -0.3 is 10.1 Å². The lowest BCUT2D eigenvalue weighted by atomic mass is 10.1. The fraction of sp³-hybridized carbons (Fsp3) is 0.136. The SMILES string of the molecule is COc1ccccc1NC(=O)C(C)n1cnc2scc(-c3ccc(Br)cc3)c2c1=O. The number of hydrogen-bond donors (Lipinski definition) is 1. The minimum Gasteiger partial charge on any atom is -0.495 e. The molecule has 2 heterocycles. The van der Waals surface area contributed by atoms with E-state index in [4.69, 9.17) is 4.74 Å². The number of thiophene rings is 1. The largest absolute Gasteiger partial charge is 0.495 e. The Labute approximate surface area is 185 Å². The Morgan fingerprint density at radius 2 is 1.93 bits per heavy atom. The standard InChI is InChI=1S/C22H18BrN3O3S/c1-13(20(27)25-17-5-3-4-6-18(17)29-2)26-12-24-21-19(22(26)28)16(11-30-21)14-7-9-15(23)10-8-14/h3-13H,1-2H3,(H,25,27). The molecule has 0 fully saturated rings. The molecule has 152 valence electrons. The number of nitrogens with zero attached hydrogens (tertiary/aromatic N) is 2. The second-order valence-corrected chi connectivity index (χ2v) is 8.43. The van der Waals surface area contributed by atoms with Crippen LogP contribution in [0.5, 0.6) is 5.75 Å². The molecule has 0 aliphatic carbocycles. The van der Waals surface area contributed by atoms with Crippen LogP contribution in [0.3, 0.4) is 0 Å². The van der Waals surface area contributed by atoms with Crippen molar-refractivity contribution < 1.29 is 9.53 Å². The number of fused-ring (bicyclic) bond motifs is 1. The zero-order valence-corrected chi connectivity index (χ0v) is 18.7. The number of rotatable bonds is 5. The fourth-order valence-electron chi connectivity index (χ4n) is 3.17. The fourth-order valence-corrected chi connectivity index (χ4v) is 4.35. The first-order chi connectivity index (χ1) is 14.5. The summed E-state index contributed by atoms with van der Waals surface area (Å²) in [6.07, 6.45) is 1.43. The van der Waals surface area contributed by atoms with Gasteiger partial charge in [-0.15, -0.1) is 11.3 Å². The molecular weight excluding hydrogens is 466 g/mol. The van der Waals surface area contributed by atoms with E-state index >= 15 is 0 Å². The molecule has 1 unspecified atom stereocenters. The Morgan fingerprint density at radius 3 is 2.67 bits per heavy atom. The predicted octanol–water partition coefficient (Wildman–Crippen LogP) is 5.10. The van der Waals surface area contributed by atoms with Crippen molar-refractivity contribution in [3.8, 4) is 16.9 Å². The van der Waals surface area contributed by atoms with Gasteiger partial charge in [-0.05, 0) is 36.8 Å². The molecular formula is C22H18BrN3O3S. The van der Waals surface area contributed by atoms with E-state index in [1.807, 2.05) is 35.7 Å². The molecule has 2 aromatic carbocycles. The van der Waals surface area contributed by atoms with Crippen molar-refractivity contribution in [2.75, 3.05) is 12.4 Å². The minimum absolute atomic E-state index is 0.248. The lowest BCUT2D eigenvalue weighted by Crippen LogP contribution is -2.31. The molecule has 6 nitrogen and oxygen atoms in total. The van der Waals surface area contributed by atoms with Gasteiger partial charge in [0.1, 0.15) is 16.6 Å². The Morgan fingerprint density at radius 1 is 1.20 bits per heavy atom. The molecule has 0 radical (unpaired) electrons. The molecule has 2 aromatic heterocycles. The minimum atomic E-state index is -0.753. The normalized spacial score (nSPS) is 12.0. The van der Waals surface area contributed by atoms with Gasteiger partial charge in [0.05, 0.1) is 24.5 Å². The quantitative estimate of drug-likeness (QED) is 0.428. The Hall–Kier alpha value is -2.97. The van der Waals surface area contributed by atoms with Gasteiger partial charge in [-0.25, -0.2) is 4.98 Å². The third-order valence-electron chi connectivity index (χ3n) is 4.84. The zero-order chi connectivity index (χ0) is 21.3. The summed E-state index contributed by atoms with van der Waals surface area (Å²) in [4.78, 5) is 31.2. The number of halogens is 1. The van der Waals surface area contributed by atoms with E-state index in [1.165, 1.54) is 29.3 Å². The zero-order valence-electron chi connectivity index (χ0n) is 16.3. The summed E-state index contributed by atoms with van der Waals surface area (Å²) in [6.45, 7) is 1.67. The van der Waals surface area contributed by atoms with Crippen molar-refractivity contribution >= 4 is 49.1 Å². The van der Waals surface area contributed by atoms with Crippen LogP contribution in [0.1, 0.15) is 13.0 Å². The first-order valence-electron chi connectivity index (χ1n) is 9.17. The van der Waals surface area contributed by atoms with E-state index in [0.717, 1.165) is 15.6 Å². The van der Waals surface area contributed by atoms with Crippen LogP contribution in [0.4, 0.5) is 5.69 Å². The number of carbonyl (C=O) groups is 1. The molecule has 1 atom stereocenters. The second kappa shape index (κ2) is 8.41. The maximum atomic E-state index is 13.3. The maximum Gasteiger partial charge on any atom is 0.263 e. The van der Waals surface area contributed by atoms with E-state index in [2.05, 4.69) is 26.2 Å². The van der Waals surface area contributed by atoms with Crippen molar-refractivity contribution in [2.24, 2.45) is 0 Å². The predicted molar refractivity (Wildman–Crippen MR) is 123 cm³/mol. The van der Waals surface area contributed by atoms with Crippen LogP contribution < -0.4 is 15.6 Å². The van der Waals surface area contributed by atoms with Gasteiger partial charge in [0.15, 0.2) is 0 Å². The molecule has 4 aromatic rings. The number of methoxy groups -OCH3 is 1. The van der Waals surface area contributed by atoms with Crippen LogP contribution in [0.15, 0.2) is 69.5 Å². The highest BCUT2D eigenvalue weighted by Crippen LogP contribution is 2.31. The Kier molecular flexibility index (Phi) is 5.69. The lowest BCUT2D eigenvalue weighted by molar-refractivity contribution is -0.118. The molecule has 8 heteroatoms. The molecule has 0 aliphatic rings. The smallest absolute Gasteiger partial charge is 0.263 e. The first-order valence-corrected chi connectivity index (χ1v) is 10.8.